The molecule has 0 aromatic heterocycles. The molecule has 0 aromatic carbocycles. The van der Waals surface area contributed by atoms with E-state index in [1.807, 2.05) is 0 Å². The van der Waals surface area contributed by atoms with Gasteiger partial charge in [0.15, 0.2) is 0 Å². The van der Waals surface area contributed by atoms with Crippen LogP contribution in [-0.4, -0.2) is 75.1 Å². The van der Waals surface area contributed by atoms with Gasteiger partial charge in [0.25, 0.3) is 0 Å². The van der Waals surface area contributed by atoms with Gasteiger partial charge in [-0.3, -0.25) is 14.5 Å². The molecule has 6 heteroatoms. The van der Waals surface area contributed by atoms with Crippen LogP contribution in [0.4, 0.5) is 0 Å². The Kier molecular flexibility index (Phi) is 6.80. The fourth-order valence-electron chi connectivity index (χ4n) is 2.11. The minimum Gasteiger partial charge on any atom is -0.469 e. The molecule has 0 aromatic rings. The van der Waals surface area contributed by atoms with Gasteiger partial charge in [0.1, 0.15) is 0 Å². The number of rotatable bonds is 6. The summed E-state index contributed by atoms with van der Waals surface area (Å²) >= 11 is 0. The fraction of sp³-hybridized carbons (Fsp3) is 0.846. The topological polar surface area (TPSA) is 61.9 Å². The largest absolute Gasteiger partial charge is 0.469 e. The predicted molar refractivity (Wildman–Crippen MR) is 72.8 cm³/mol. The van der Waals surface area contributed by atoms with Crippen molar-refractivity contribution in [3.63, 3.8) is 0 Å². The van der Waals surface area contributed by atoms with Gasteiger partial charge in [0, 0.05) is 39.8 Å². The lowest BCUT2D eigenvalue weighted by molar-refractivity contribution is -0.140. The van der Waals surface area contributed by atoms with Gasteiger partial charge < -0.3 is 15.0 Å². The second kappa shape index (κ2) is 8.12. The number of hydrogen-bond acceptors (Lipinski definition) is 5. The molecule has 6 nitrogen and oxygen atoms in total. The smallest absolute Gasteiger partial charge is 0.306 e. The van der Waals surface area contributed by atoms with E-state index in [0.717, 1.165) is 25.9 Å². The summed E-state index contributed by atoms with van der Waals surface area (Å²) < 4.78 is 4.59. The van der Waals surface area contributed by atoms with Crippen molar-refractivity contribution in [3.05, 3.63) is 0 Å². The van der Waals surface area contributed by atoms with Crippen molar-refractivity contribution in [1.82, 2.24) is 15.1 Å². The normalized spacial score (nSPS) is 17.2. The van der Waals surface area contributed by atoms with E-state index in [0.29, 0.717) is 25.6 Å². The van der Waals surface area contributed by atoms with Crippen LogP contribution in [0.2, 0.25) is 0 Å². The molecule has 0 atom stereocenters. The summed E-state index contributed by atoms with van der Waals surface area (Å²) in [6, 6.07) is 0.440. The molecule has 1 N–H and O–H groups in total. The third-order valence-corrected chi connectivity index (χ3v) is 3.44. The highest BCUT2D eigenvalue weighted by Crippen LogP contribution is 2.10. The van der Waals surface area contributed by atoms with Crippen LogP contribution in [0.1, 0.15) is 19.3 Å². The Morgan fingerprint density at radius 3 is 2.47 bits per heavy atom. The third-order valence-electron chi connectivity index (χ3n) is 3.44. The van der Waals surface area contributed by atoms with E-state index in [9.17, 15) is 9.59 Å². The van der Waals surface area contributed by atoms with Crippen LogP contribution in [-0.2, 0) is 14.3 Å². The van der Waals surface area contributed by atoms with Gasteiger partial charge in [-0.25, -0.2) is 0 Å². The summed E-state index contributed by atoms with van der Waals surface area (Å²) in [5, 5.41) is 3.36. The zero-order chi connectivity index (χ0) is 14.3. The molecule has 1 aliphatic heterocycles. The van der Waals surface area contributed by atoms with Gasteiger partial charge >= 0.3 is 5.97 Å². The molecular weight excluding hydrogens is 246 g/mol. The summed E-state index contributed by atoms with van der Waals surface area (Å²) in [7, 11) is 4.97. The average Bonchev–Trinajstić information content (AvgIpc) is 2.40. The first kappa shape index (κ1) is 15.9. The van der Waals surface area contributed by atoms with Crippen molar-refractivity contribution in [2.24, 2.45) is 0 Å². The summed E-state index contributed by atoms with van der Waals surface area (Å²) in [4.78, 5) is 26.4. The van der Waals surface area contributed by atoms with Crippen molar-refractivity contribution < 1.29 is 14.3 Å². The number of esters is 1. The van der Waals surface area contributed by atoms with E-state index in [1.54, 1.807) is 19.0 Å². The number of hydrogen-bond donors (Lipinski definition) is 1. The average molecular weight is 271 g/mol. The number of methoxy groups -OCH3 is 1. The Balaban J connectivity index is 2.15. The lowest BCUT2D eigenvalue weighted by Gasteiger charge is -2.32. The molecule has 0 saturated carbocycles. The zero-order valence-corrected chi connectivity index (χ0v) is 12.1. The summed E-state index contributed by atoms with van der Waals surface area (Å²) in [5.74, 6) is -0.0291. The second-order valence-corrected chi connectivity index (χ2v) is 5.12. The Morgan fingerprint density at radius 2 is 1.95 bits per heavy atom. The van der Waals surface area contributed by atoms with E-state index in [1.165, 1.54) is 7.11 Å². The number of ether oxygens (including phenoxy) is 1. The van der Waals surface area contributed by atoms with E-state index in [-0.39, 0.29) is 11.9 Å². The van der Waals surface area contributed by atoms with E-state index < -0.39 is 0 Å². The summed E-state index contributed by atoms with van der Waals surface area (Å²) in [6.45, 7) is 3.01. The van der Waals surface area contributed by atoms with Crippen molar-refractivity contribution in [1.29, 1.82) is 0 Å². The van der Waals surface area contributed by atoms with Crippen LogP contribution in [0.25, 0.3) is 0 Å². The number of carbonyl (C=O) groups excluding carboxylic acids is 2. The Hall–Kier alpha value is -1.14. The van der Waals surface area contributed by atoms with Crippen LogP contribution in [0.5, 0.6) is 0 Å². The molecule has 1 saturated heterocycles. The van der Waals surface area contributed by atoms with Gasteiger partial charge in [-0.1, -0.05) is 0 Å². The van der Waals surface area contributed by atoms with Crippen molar-refractivity contribution in [2.75, 3.05) is 47.4 Å². The third kappa shape index (κ3) is 6.02. The van der Waals surface area contributed by atoms with E-state index >= 15 is 0 Å². The number of nitrogens with one attached hydrogen (secondary N) is 1. The maximum Gasteiger partial charge on any atom is 0.306 e. The molecule has 1 rings (SSSR count). The Morgan fingerprint density at radius 1 is 1.32 bits per heavy atom. The molecular formula is C13H25N3O3. The monoisotopic (exact) mass is 271 g/mol. The first-order chi connectivity index (χ1) is 9.02. The number of amides is 1. The predicted octanol–water partition coefficient (Wildman–Crippen LogP) is -0.308. The number of likely N-dealkylation sites (N-methyl/N-ethyl adjacent to an activating group) is 1. The van der Waals surface area contributed by atoms with Gasteiger partial charge in [0.05, 0.1) is 20.1 Å². The number of carbonyl (C=O) groups is 2. The van der Waals surface area contributed by atoms with Crippen LogP contribution in [0.3, 0.4) is 0 Å². The van der Waals surface area contributed by atoms with E-state index in [4.69, 9.17) is 0 Å². The fourth-order valence-corrected chi connectivity index (χ4v) is 2.11. The van der Waals surface area contributed by atoms with Crippen LogP contribution in [0, 0.1) is 0 Å². The second-order valence-electron chi connectivity index (χ2n) is 5.12. The summed E-state index contributed by atoms with van der Waals surface area (Å²) in [6.07, 6.45) is 2.44. The van der Waals surface area contributed by atoms with Crippen LogP contribution >= 0.6 is 0 Å². The molecule has 0 aliphatic carbocycles. The standard InChI is InChI=1S/C13H25N3O3/c1-15(2)12(17)10-16-8-5-11(6-9-16)14-7-4-13(18)19-3/h11,14H,4-10H2,1-3H3. The highest BCUT2D eigenvalue weighted by molar-refractivity contribution is 5.77. The van der Waals surface area contributed by atoms with Gasteiger partial charge in [-0.2, -0.15) is 0 Å². The lowest BCUT2D eigenvalue weighted by atomic mass is 10.0. The molecule has 1 heterocycles. The van der Waals surface area contributed by atoms with Gasteiger partial charge in [-0.15, -0.1) is 0 Å². The number of piperidine rings is 1. The quantitative estimate of drug-likeness (QED) is 0.672. The van der Waals surface area contributed by atoms with Crippen LogP contribution < -0.4 is 5.32 Å². The first-order valence-corrected chi connectivity index (χ1v) is 6.75. The number of likely N-dealkylation sites (tertiary alicyclic amines) is 1. The minimum absolute atomic E-state index is 0.150. The maximum absolute atomic E-state index is 11.6. The molecule has 0 bridgehead atoms. The highest BCUT2D eigenvalue weighted by atomic mass is 16.5. The molecule has 0 radical (unpaired) electrons. The molecule has 1 amide bonds. The highest BCUT2D eigenvalue weighted by Gasteiger charge is 2.20. The summed E-state index contributed by atoms with van der Waals surface area (Å²) in [5.41, 5.74) is 0. The lowest BCUT2D eigenvalue weighted by Crippen LogP contribution is -2.46. The SMILES string of the molecule is COC(=O)CCNC1CCN(CC(=O)N(C)C)CC1. The van der Waals surface area contributed by atoms with Crippen molar-refractivity contribution in [2.45, 2.75) is 25.3 Å². The van der Waals surface area contributed by atoms with Crippen molar-refractivity contribution in [3.8, 4) is 0 Å². The molecule has 19 heavy (non-hydrogen) atoms. The molecule has 1 fully saturated rings. The molecule has 1 aliphatic rings. The first-order valence-electron chi connectivity index (χ1n) is 6.75. The van der Waals surface area contributed by atoms with Gasteiger partial charge in [0.2, 0.25) is 5.91 Å². The Labute approximate surface area is 115 Å². The molecule has 110 valence electrons. The van der Waals surface area contributed by atoms with Crippen molar-refractivity contribution >= 4 is 11.9 Å². The van der Waals surface area contributed by atoms with Crippen LogP contribution in [0.15, 0.2) is 0 Å². The maximum atomic E-state index is 11.6. The van der Waals surface area contributed by atoms with E-state index in [2.05, 4.69) is 15.0 Å². The minimum atomic E-state index is -0.179. The number of nitrogens with zero attached hydrogens (tertiary/aromatic N) is 2. The Bertz CT molecular complexity index is 300. The van der Waals surface area contributed by atoms with Gasteiger partial charge in [-0.05, 0) is 12.8 Å². The molecule has 0 spiro atoms. The molecule has 0 unspecified atom stereocenters. The zero-order valence-electron chi connectivity index (χ0n) is 12.1.